The topological polar surface area (TPSA) is 34.1 Å². The Morgan fingerprint density at radius 1 is 1.47 bits per heavy atom. The van der Waals surface area contributed by atoms with Crippen LogP contribution >= 0.6 is 37.9 Å². The first-order valence-electron chi connectivity index (χ1n) is 3.37. The van der Waals surface area contributed by atoms with E-state index in [1.54, 1.807) is 0 Å². The van der Waals surface area contributed by atoms with E-state index in [4.69, 9.17) is 10.7 Å². The average Bonchev–Trinajstić information content (AvgIpc) is 2.30. The highest BCUT2D eigenvalue weighted by Crippen LogP contribution is 2.45. The molecule has 0 radical (unpaired) electrons. The van der Waals surface area contributed by atoms with Crippen molar-refractivity contribution in [1.29, 1.82) is 0 Å². The van der Waals surface area contributed by atoms with E-state index >= 15 is 0 Å². The van der Waals surface area contributed by atoms with Crippen LogP contribution in [0, 0.1) is 0 Å². The molecule has 0 aliphatic rings. The smallest absolute Gasteiger partial charge is 0.211 e. The molecule has 0 amide bonds. The summed E-state index contributed by atoms with van der Waals surface area (Å²) in [5.41, 5.74) is 0. The summed E-state index contributed by atoms with van der Waals surface area (Å²) >= 11 is 3.52. The van der Waals surface area contributed by atoms with Gasteiger partial charge in [0.2, 0.25) is 14.3 Å². The molecule has 9 heteroatoms. The Balaban J connectivity index is 3.33. The summed E-state index contributed by atoms with van der Waals surface area (Å²) in [5.74, 6) is 0. The number of rotatable bonds is 2. The van der Waals surface area contributed by atoms with Crippen LogP contribution in [0.3, 0.4) is 0 Å². The molecule has 0 saturated heterocycles. The van der Waals surface area contributed by atoms with Crippen LogP contribution in [0.4, 0.5) is 13.2 Å². The first kappa shape index (κ1) is 13.3. The molecule has 2 nitrogen and oxygen atoms in total. The van der Waals surface area contributed by atoms with Crippen molar-refractivity contribution in [3.05, 3.63) is 20.8 Å². The average molecular weight is 344 g/mol. The predicted molar refractivity (Wildman–Crippen MR) is 55.6 cm³/mol. The molecular formula is C6H3BrClF3O2S2. The first-order chi connectivity index (χ1) is 6.64. The zero-order chi connectivity index (χ0) is 11.9. The predicted octanol–water partition coefficient (Wildman–Crippen LogP) is 3.68. The van der Waals surface area contributed by atoms with Crippen LogP contribution in [0.5, 0.6) is 0 Å². The van der Waals surface area contributed by atoms with Gasteiger partial charge in [-0.1, -0.05) is 0 Å². The molecule has 0 fully saturated rings. The van der Waals surface area contributed by atoms with E-state index in [1.165, 1.54) is 11.4 Å². The second-order valence-corrected chi connectivity index (χ2v) is 7.05. The second kappa shape index (κ2) is 4.23. The highest BCUT2D eigenvalue weighted by Gasteiger charge is 2.50. The van der Waals surface area contributed by atoms with Gasteiger partial charge in [-0.2, -0.15) is 13.2 Å². The first-order valence-corrected chi connectivity index (χ1v) is 7.41. The quantitative estimate of drug-likeness (QED) is 0.768. The van der Waals surface area contributed by atoms with Crippen LogP contribution in [0.2, 0.25) is 0 Å². The van der Waals surface area contributed by atoms with Crippen molar-refractivity contribution < 1.29 is 21.6 Å². The molecule has 0 spiro atoms. The SMILES string of the molecule is O=S(=O)(Cl)C(c1sccc1Br)C(F)(F)F. The van der Waals surface area contributed by atoms with Gasteiger partial charge < -0.3 is 0 Å². The summed E-state index contributed by atoms with van der Waals surface area (Å²) in [5, 5.41) is -1.33. The molecule has 0 aliphatic heterocycles. The van der Waals surface area contributed by atoms with Crippen molar-refractivity contribution in [1.82, 2.24) is 0 Å². The molecule has 0 N–H and O–H groups in total. The molecule has 1 unspecified atom stereocenters. The van der Waals surface area contributed by atoms with Gasteiger partial charge in [0.1, 0.15) is 0 Å². The van der Waals surface area contributed by atoms with Gasteiger partial charge in [-0.05, 0) is 27.4 Å². The van der Waals surface area contributed by atoms with Crippen LogP contribution in [0.25, 0.3) is 0 Å². The highest BCUT2D eigenvalue weighted by molar-refractivity contribution is 9.10. The van der Waals surface area contributed by atoms with E-state index in [0.717, 1.165) is 0 Å². The molecule has 15 heavy (non-hydrogen) atoms. The third-order valence-electron chi connectivity index (χ3n) is 1.46. The summed E-state index contributed by atoms with van der Waals surface area (Å²) in [6.07, 6.45) is -4.92. The van der Waals surface area contributed by atoms with Gasteiger partial charge in [0.05, 0.1) is 0 Å². The lowest BCUT2D eigenvalue weighted by atomic mass is 10.3. The van der Waals surface area contributed by atoms with Gasteiger partial charge >= 0.3 is 6.18 Å². The normalized spacial score (nSPS) is 15.3. The number of thiophene rings is 1. The second-order valence-electron chi connectivity index (χ2n) is 2.53. The fourth-order valence-electron chi connectivity index (χ4n) is 0.929. The lowest BCUT2D eigenvalue weighted by Gasteiger charge is -2.16. The maximum Gasteiger partial charge on any atom is 0.411 e. The molecule has 0 aromatic carbocycles. The van der Waals surface area contributed by atoms with E-state index in [0.29, 0.717) is 11.3 Å². The Bertz CT molecular complexity index is 453. The van der Waals surface area contributed by atoms with Gasteiger partial charge in [0.15, 0.2) is 0 Å². The summed E-state index contributed by atoms with van der Waals surface area (Å²) in [7, 11) is 0.0449. The Kier molecular flexibility index (Phi) is 3.74. The van der Waals surface area contributed by atoms with Crippen molar-refractivity contribution in [2.75, 3.05) is 0 Å². The monoisotopic (exact) mass is 342 g/mol. The number of halogens is 5. The van der Waals surface area contributed by atoms with E-state index in [9.17, 15) is 21.6 Å². The zero-order valence-corrected chi connectivity index (χ0v) is 10.7. The molecule has 86 valence electrons. The Morgan fingerprint density at radius 2 is 2.00 bits per heavy atom. The third-order valence-corrected chi connectivity index (χ3v) is 5.15. The van der Waals surface area contributed by atoms with Crippen molar-refractivity contribution in [3.8, 4) is 0 Å². The number of alkyl halides is 3. The molecule has 1 atom stereocenters. The van der Waals surface area contributed by atoms with E-state index < -0.39 is 20.5 Å². The molecule has 0 bridgehead atoms. The van der Waals surface area contributed by atoms with Crippen LogP contribution in [0.1, 0.15) is 10.1 Å². The minimum atomic E-state index is -4.92. The summed E-state index contributed by atoms with van der Waals surface area (Å²) in [6.45, 7) is 0. The van der Waals surface area contributed by atoms with Crippen molar-refractivity contribution in [2.45, 2.75) is 11.4 Å². The molecule has 1 heterocycles. The summed E-state index contributed by atoms with van der Waals surface area (Å²) in [6, 6.07) is 1.33. The highest BCUT2D eigenvalue weighted by atomic mass is 79.9. The minimum Gasteiger partial charge on any atom is -0.211 e. The Labute approximate surface area is 101 Å². The van der Waals surface area contributed by atoms with Gasteiger partial charge in [-0.3, -0.25) is 0 Å². The number of hydrogen-bond donors (Lipinski definition) is 0. The van der Waals surface area contributed by atoms with E-state index in [-0.39, 0.29) is 9.35 Å². The van der Waals surface area contributed by atoms with Crippen LogP contribution < -0.4 is 0 Å². The fourth-order valence-corrected chi connectivity index (χ4v) is 4.66. The third kappa shape index (κ3) is 3.08. The largest absolute Gasteiger partial charge is 0.411 e. The van der Waals surface area contributed by atoms with Crippen molar-refractivity contribution in [3.63, 3.8) is 0 Å². The van der Waals surface area contributed by atoms with Gasteiger partial charge in [0.25, 0.3) is 0 Å². The molecule has 1 aromatic rings. The number of hydrogen-bond acceptors (Lipinski definition) is 3. The van der Waals surface area contributed by atoms with Crippen LogP contribution in [-0.2, 0) is 9.05 Å². The molecule has 1 aromatic heterocycles. The van der Waals surface area contributed by atoms with Crippen molar-refractivity contribution in [2.24, 2.45) is 0 Å². The van der Waals surface area contributed by atoms with Crippen LogP contribution in [-0.4, -0.2) is 14.6 Å². The molecular weight excluding hydrogens is 341 g/mol. The maximum atomic E-state index is 12.5. The van der Waals surface area contributed by atoms with E-state index in [2.05, 4.69) is 15.9 Å². The molecule has 1 rings (SSSR count). The van der Waals surface area contributed by atoms with Crippen molar-refractivity contribution >= 4 is 47.0 Å². The minimum absolute atomic E-state index is 0.0825. The fraction of sp³-hybridized carbons (Fsp3) is 0.333. The van der Waals surface area contributed by atoms with E-state index in [1.807, 2.05) is 0 Å². The maximum absolute atomic E-state index is 12.5. The van der Waals surface area contributed by atoms with Crippen LogP contribution in [0.15, 0.2) is 15.9 Å². The lowest BCUT2D eigenvalue weighted by Crippen LogP contribution is -2.25. The molecule has 0 saturated carbocycles. The van der Waals surface area contributed by atoms with Gasteiger partial charge in [0, 0.05) is 20.0 Å². The van der Waals surface area contributed by atoms with Gasteiger partial charge in [-0.15, -0.1) is 11.3 Å². The standard InChI is InChI=1S/C6H3BrClF3O2S2/c7-3-1-2-14-4(3)5(6(9,10)11)15(8,12)13/h1-2,5H. The zero-order valence-electron chi connectivity index (χ0n) is 6.75. The lowest BCUT2D eigenvalue weighted by molar-refractivity contribution is -0.130. The Morgan fingerprint density at radius 3 is 2.27 bits per heavy atom. The Hall–Kier alpha value is 0.210. The summed E-state index contributed by atoms with van der Waals surface area (Å²) < 4.78 is 59.2. The molecule has 0 aliphatic carbocycles. The summed E-state index contributed by atoms with van der Waals surface area (Å²) in [4.78, 5) is -0.363. The van der Waals surface area contributed by atoms with Gasteiger partial charge in [-0.25, -0.2) is 8.42 Å².